The first-order valence-corrected chi connectivity index (χ1v) is 8.03. The lowest BCUT2D eigenvalue weighted by molar-refractivity contribution is -0.123. The highest BCUT2D eigenvalue weighted by Crippen LogP contribution is 2.19. The van der Waals surface area contributed by atoms with E-state index in [4.69, 9.17) is 10.5 Å². The van der Waals surface area contributed by atoms with Crippen molar-refractivity contribution in [2.75, 3.05) is 6.61 Å². The summed E-state index contributed by atoms with van der Waals surface area (Å²) in [5.74, 6) is -1.17. The van der Waals surface area contributed by atoms with Gasteiger partial charge >= 0.3 is 6.03 Å². The quantitative estimate of drug-likeness (QED) is 0.599. The van der Waals surface area contributed by atoms with Crippen LogP contribution in [0, 0.1) is 5.82 Å². The fourth-order valence-corrected chi connectivity index (χ4v) is 2.49. The normalized spacial score (nSPS) is 15.1. The van der Waals surface area contributed by atoms with E-state index in [1.54, 1.807) is 30.3 Å². The average molecular weight is 369 g/mol. The second kappa shape index (κ2) is 7.69. The van der Waals surface area contributed by atoms with Crippen molar-refractivity contribution in [3.8, 4) is 5.75 Å². The van der Waals surface area contributed by atoms with Crippen LogP contribution < -0.4 is 15.8 Å². The van der Waals surface area contributed by atoms with Crippen molar-refractivity contribution < 1.29 is 23.5 Å². The molecule has 3 N–H and O–H groups in total. The van der Waals surface area contributed by atoms with Crippen LogP contribution in [-0.2, 0) is 16.1 Å². The third-order valence-corrected chi connectivity index (χ3v) is 3.82. The smallest absolute Gasteiger partial charge is 0.329 e. The summed E-state index contributed by atoms with van der Waals surface area (Å²) in [5, 5.41) is 2.48. The number of amides is 4. The highest BCUT2D eigenvalue weighted by molar-refractivity contribution is 6.13. The number of imide groups is 1. The zero-order chi connectivity index (χ0) is 19.4. The van der Waals surface area contributed by atoms with Gasteiger partial charge in [0, 0.05) is 5.56 Å². The van der Waals surface area contributed by atoms with E-state index in [9.17, 15) is 18.8 Å². The highest BCUT2D eigenvalue weighted by Gasteiger charge is 2.33. The van der Waals surface area contributed by atoms with Gasteiger partial charge < -0.3 is 15.8 Å². The number of nitrogens with one attached hydrogen (secondary N) is 1. The van der Waals surface area contributed by atoms with E-state index in [2.05, 4.69) is 5.32 Å². The number of urea groups is 1. The Morgan fingerprint density at radius 2 is 1.85 bits per heavy atom. The third kappa shape index (κ3) is 4.30. The van der Waals surface area contributed by atoms with Gasteiger partial charge in [0.05, 0.1) is 6.54 Å². The molecule has 7 nitrogen and oxygen atoms in total. The van der Waals surface area contributed by atoms with Gasteiger partial charge in [0.25, 0.3) is 11.8 Å². The van der Waals surface area contributed by atoms with Crippen LogP contribution in [0.2, 0.25) is 0 Å². The minimum atomic E-state index is -0.615. The van der Waals surface area contributed by atoms with Gasteiger partial charge in [-0.05, 0) is 29.8 Å². The number of ether oxygens (including phenoxy) is 1. The van der Waals surface area contributed by atoms with Gasteiger partial charge in [-0.1, -0.05) is 30.3 Å². The lowest BCUT2D eigenvalue weighted by Gasteiger charge is -2.12. The van der Waals surface area contributed by atoms with Crippen molar-refractivity contribution in [1.82, 2.24) is 10.2 Å². The summed E-state index contributed by atoms with van der Waals surface area (Å²) in [4.78, 5) is 36.2. The second-order valence-corrected chi connectivity index (χ2v) is 5.79. The molecule has 2 aromatic carbocycles. The maximum Gasteiger partial charge on any atom is 0.329 e. The first-order chi connectivity index (χ1) is 12.9. The summed E-state index contributed by atoms with van der Waals surface area (Å²) >= 11 is 0. The SMILES string of the molecule is NC(=O)COc1ccc(/C=C2\NC(=O)N(Cc3ccccc3F)C2=O)cc1. The van der Waals surface area contributed by atoms with Gasteiger partial charge in [0.1, 0.15) is 17.3 Å². The molecule has 2 aromatic rings. The maximum atomic E-state index is 13.8. The van der Waals surface area contributed by atoms with Crippen LogP contribution in [-0.4, -0.2) is 29.4 Å². The molecule has 1 saturated heterocycles. The number of rotatable bonds is 6. The Labute approximate surface area is 154 Å². The number of carbonyl (C=O) groups excluding carboxylic acids is 3. The minimum Gasteiger partial charge on any atom is -0.484 e. The fraction of sp³-hybridized carbons (Fsp3) is 0.105. The molecule has 4 amide bonds. The number of benzene rings is 2. The molecule has 1 aliphatic heterocycles. The Kier molecular flexibility index (Phi) is 5.16. The standard InChI is InChI=1S/C19H16FN3O4/c20-15-4-2-1-3-13(15)10-23-18(25)16(22-19(23)26)9-12-5-7-14(8-6-12)27-11-17(21)24/h1-9H,10-11H2,(H2,21,24)(H,22,26)/b16-9-. The lowest BCUT2D eigenvalue weighted by atomic mass is 10.1. The zero-order valence-corrected chi connectivity index (χ0v) is 14.1. The van der Waals surface area contributed by atoms with E-state index >= 15 is 0 Å². The van der Waals surface area contributed by atoms with Crippen LogP contribution >= 0.6 is 0 Å². The van der Waals surface area contributed by atoms with Crippen LogP contribution in [0.5, 0.6) is 5.75 Å². The summed E-state index contributed by atoms with van der Waals surface area (Å²) in [6, 6.07) is 11.9. The Morgan fingerprint density at radius 3 is 2.52 bits per heavy atom. The maximum absolute atomic E-state index is 13.8. The molecule has 0 unspecified atom stereocenters. The van der Waals surface area contributed by atoms with Gasteiger partial charge in [-0.3, -0.25) is 14.5 Å². The molecule has 8 heteroatoms. The molecule has 0 spiro atoms. The van der Waals surface area contributed by atoms with Crippen molar-refractivity contribution in [2.45, 2.75) is 6.54 Å². The van der Waals surface area contributed by atoms with E-state index < -0.39 is 23.7 Å². The summed E-state index contributed by atoms with van der Waals surface area (Å²) < 4.78 is 18.9. The Balaban J connectivity index is 1.72. The number of hydrogen-bond acceptors (Lipinski definition) is 4. The molecule has 0 aromatic heterocycles. The molecule has 1 aliphatic rings. The molecule has 0 radical (unpaired) electrons. The van der Waals surface area contributed by atoms with Crippen molar-refractivity contribution in [1.29, 1.82) is 0 Å². The van der Waals surface area contributed by atoms with E-state index in [1.807, 2.05) is 0 Å². The third-order valence-electron chi connectivity index (χ3n) is 3.82. The monoisotopic (exact) mass is 369 g/mol. The summed E-state index contributed by atoms with van der Waals surface area (Å²) in [6.45, 7) is -0.394. The van der Waals surface area contributed by atoms with Crippen LogP contribution in [0.4, 0.5) is 9.18 Å². The molecule has 1 fully saturated rings. The van der Waals surface area contributed by atoms with Crippen LogP contribution in [0.1, 0.15) is 11.1 Å². The second-order valence-electron chi connectivity index (χ2n) is 5.79. The van der Waals surface area contributed by atoms with Gasteiger partial charge in [-0.25, -0.2) is 9.18 Å². The molecule has 138 valence electrons. The van der Waals surface area contributed by atoms with Crippen molar-refractivity contribution >= 4 is 23.9 Å². The Bertz CT molecular complexity index is 925. The molecule has 27 heavy (non-hydrogen) atoms. The predicted molar refractivity (Wildman–Crippen MR) is 94.6 cm³/mol. The van der Waals surface area contributed by atoms with Gasteiger partial charge in [-0.2, -0.15) is 0 Å². The van der Waals surface area contributed by atoms with Gasteiger partial charge in [-0.15, -0.1) is 0 Å². The molecule has 0 atom stereocenters. The number of nitrogens with two attached hydrogens (primary N) is 1. The van der Waals surface area contributed by atoms with Gasteiger partial charge in [0.2, 0.25) is 0 Å². The average Bonchev–Trinajstić information content (AvgIpc) is 2.90. The summed E-state index contributed by atoms with van der Waals surface area (Å²) in [7, 11) is 0. The fourth-order valence-electron chi connectivity index (χ4n) is 2.49. The number of halogens is 1. The van der Waals surface area contributed by atoms with Crippen LogP contribution in [0.15, 0.2) is 54.2 Å². The number of carbonyl (C=O) groups is 3. The number of primary amides is 1. The Hall–Kier alpha value is -3.68. The molecule has 0 aliphatic carbocycles. The van der Waals surface area contributed by atoms with E-state index in [-0.39, 0.29) is 24.4 Å². The summed E-state index contributed by atoms with van der Waals surface area (Å²) in [5.41, 5.74) is 5.98. The van der Waals surface area contributed by atoms with E-state index in [0.717, 1.165) is 4.90 Å². The Morgan fingerprint density at radius 1 is 1.15 bits per heavy atom. The molecular formula is C19H16FN3O4. The van der Waals surface area contributed by atoms with Crippen LogP contribution in [0.3, 0.4) is 0 Å². The minimum absolute atomic E-state index is 0.0853. The molecular weight excluding hydrogens is 353 g/mol. The van der Waals surface area contributed by atoms with E-state index in [0.29, 0.717) is 11.3 Å². The van der Waals surface area contributed by atoms with E-state index in [1.165, 1.54) is 24.3 Å². The van der Waals surface area contributed by atoms with Crippen molar-refractivity contribution in [3.63, 3.8) is 0 Å². The molecule has 1 heterocycles. The largest absolute Gasteiger partial charge is 0.484 e. The van der Waals surface area contributed by atoms with Crippen molar-refractivity contribution in [2.24, 2.45) is 5.73 Å². The number of nitrogens with zero attached hydrogens (tertiary/aromatic N) is 1. The molecule has 0 bridgehead atoms. The van der Waals surface area contributed by atoms with Crippen LogP contribution in [0.25, 0.3) is 6.08 Å². The predicted octanol–water partition coefficient (Wildman–Crippen LogP) is 1.78. The number of hydrogen-bond donors (Lipinski definition) is 2. The first kappa shape index (κ1) is 18.1. The lowest BCUT2D eigenvalue weighted by Crippen LogP contribution is -2.30. The topological polar surface area (TPSA) is 102 Å². The molecule has 0 saturated carbocycles. The van der Waals surface area contributed by atoms with Crippen molar-refractivity contribution in [3.05, 3.63) is 71.2 Å². The first-order valence-electron chi connectivity index (χ1n) is 8.03. The molecule has 3 rings (SSSR count). The highest BCUT2D eigenvalue weighted by atomic mass is 19.1. The zero-order valence-electron chi connectivity index (χ0n) is 14.1. The van der Waals surface area contributed by atoms with Gasteiger partial charge in [0.15, 0.2) is 6.61 Å². The summed E-state index contributed by atoms with van der Waals surface area (Å²) in [6.07, 6.45) is 1.50.